The molecular weight excluding hydrogens is 312 g/mol. The quantitative estimate of drug-likeness (QED) is 0.669. The molecule has 1 aromatic carbocycles. The van der Waals surface area contributed by atoms with E-state index < -0.39 is 0 Å². The number of hydrogen-bond donors (Lipinski definition) is 3. The number of H-pyrrole nitrogens is 1. The van der Waals surface area contributed by atoms with E-state index in [4.69, 9.17) is 5.73 Å². The molecule has 0 bridgehead atoms. The fraction of sp³-hybridized carbons (Fsp3) is 0.368. The van der Waals surface area contributed by atoms with Crippen LogP contribution in [0.25, 0.3) is 16.9 Å². The van der Waals surface area contributed by atoms with E-state index in [2.05, 4.69) is 44.5 Å². The average molecular weight is 336 g/mol. The first kappa shape index (κ1) is 16.1. The van der Waals surface area contributed by atoms with Gasteiger partial charge in [-0.05, 0) is 56.0 Å². The molecule has 4 rings (SSSR count). The number of nitrogens with one attached hydrogen (secondary N) is 2. The minimum Gasteiger partial charge on any atom is -0.341 e. The van der Waals surface area contributed by atoms with E-state index in [-0.39, 0.29) is 6.04 Å². The van der Waals surface area contributed by atoms with Gasteiger partial charge in [-0.15, -0.1) is 0 Å². The summed E-state index contributed by atoms with van der Waals surface area (Å²) in [5.74, 6) is 1.58. The lowest BCUT2D eigenvalue weighted by molar-refractivity contribution is 0.329. The summed E-state index contributed by atoms with van der Waals surface area (Å²) in [5, 5.41) is 3.40. The minimum atomic E-state index is -0.0259. The third kappa shape index (κ3) is 3.65. The predicted octanol–water partition coefficient (Wildman–Crippen LogP) is 2.65. The topological polar surface area (TPSA) is 84.5 Å². The molecule has 1 saturated heterocycles. The van der Waals surface area contributed by atoms with E-state index in [0.29, 0.717) is 5.92 Å². The molecule has 1 aliphatic rings. The Kier molecular flexibility index (Phi) is 4.63. The van der Waals surface area contributed by atoms with Gasteiger partial charge in [-0.2, -0.15) is 0 Å². The van der Waals surface area contributed by atoms with Crippen molar-refractivity contribution in [2.75, 3.05) is 13.1 Å². The van der Waals surface area contributed by atoms with Crippen molar-refractivity contribution in [3.63, 3.8) is 0 Å². The summed E-state index contributed by atoms with van der Waals surface area (Å²) in [6.07, 6.45) is 10.8. The molecule has 0 radical (unpaired) electrons. The van der Waals surface area contributed by atoms with Gasteiger partial charge in [0.15, 0.2) is 0 Å². The fourth-order valence-electron chi connectivity index (χ4n) is 3.48. The molecule has 1 aliphatic heterocycles. The summed E-state index contributed by atoms with van der Waals surface area (Å²) in [6.45, 7) is 2.20. The smallest absolute Gasteiger partial charge is 0.123 e. The lowest BCUT2D eigenvalue weighted by Crippen LogP contribution is -2.29. The number of piperidine rings is 1. The normalized spacial score (nSPS) is 16.8. The highest BCUT2D eigenvalue weighted by Gasteiger charge is 2.19. The van der Waals surface area contributed by atoms with Gasteiger partial charge < -0.3 is 20.6 Å². The van der Waals surface area contributed by atoms with Crippen molar-refractivity contribution in [3.05, 3.63) is 55.0 Å². The largest absolute Gasteiger partial charge is 0.341 e. The van der Waals surface area contributed by atoms with Crippen LogP contribution in [0.1, 0.15) is 31.1 Å². The Morgan fingerprint density at radius 1 is 1.20 bits per heavy atom. The second-order valence-electron chi connectivity index (χ2n) is 6.73. The minimum absolute atomic E-state index is 0.0259. The summed E-state index contributed by atoms with van der Waals surface area (Å²) < 4.78 is 1.98. The summed E-state index contributed by atoms with van der Waals surface area (Å²) in [5.41, 5.74) is 9.58. The van der Waals surface area contributed by atoms with Gasteiger partial charge in [0.2, 0.25) is 0 Å². The van der Waals surface area contributed by atoms with Crippen LogP contribution in [-0.2, 0) is 0 Å². The van der Waals surface area contributed by atoms with Crippen molar-refractivity contribution in [2.45, 2.75) is 25.3 Å². The maximum absolute atomic E-state index is 6.38. The molecule has 3 aromatic rings. The SMILES string of the molecule is N[C@@H](CC1CCNCC1)c1ncc(-c2ccc(-n3ccnc3)cc2)[nH]1. The maximum Gasteiger partial charge on any atom is 0.123 e. The third-order valence-electron chi connectivity index (χ3n) is 4.97. The molecule has 0 unspecified atom stereocenters. The summed E-state index contributed by atoms with van der Waals surface area (Å²) in [4.78, 5) is 12.0. The van der Waals surface area contributed by atoms with Crippen molar-refractivity contribution >= 4 is 0 Å². The first-order chi connectivity index (χ1) is 12.3. The van der Waals surface area contributed by atoms with Crippen LogP contribution in [0.15, 0.2) is 49.2 Å². The number of hydrogen-bond acceptors (Lipinski definition) is 4. The molecule has 0 amide bonds. The van der Waals surface area contributed by atoms with Gasteiger partial charge in [-0.1, -0.05) is 12.1 Å². The number of nitrogens with two attached hydrogens (primary N) is 1. The summed E-state index contributed by atoms with van der Waals surface area (Å²) in [6, 6.07) is 8.30. The molecule has 1 fully saturated rings. The molecule has 6 nitrogen and oxygen atoms in total. The van der Waals surface area contributed by atoms with Crippen LogP contribution in [0.3, 0.4) is 0 Å². The van der Waals surface area contributed by atoms with Gasteiger partial charge in [-0.25, -0.2) is 9.97 Å². The molecule has 25 heavy (non-hydrogen) atoms. The molecular formula is C19H24N6. The Hall–Kier alpha value is -2.44. The van der Waals surface area contributed by atoms with Crippen molar-refractivity contribution in [1.82, 2.24) is 24.8 Å². The number of benzene rings is 1. The van der Waals surface area contributed by atoms with Crippen molar-refractivity contribution in [2.24, 2.45) is 11.7 Å². The van der Waals surface area contributed by atoms with Crippen LogP contribution in [0.4, 0.5) is 0 Å². The van der Waals surface area contributed by atoms with Gasteiger partial charge in [-0.3, -0.25) is 0 Å². The summed E-state index contributed by atoms with van der Waals surface area (Å²) in [7, 11) is 0. The molecule has 1 atom stereocenters. The highest BCUT2D eigenvalue weighted by molar-refractivity contribution is 5.60. The number of rotatable bonds is 5. The van der Waals surface area contributed by atoms with Crippen LogP contribution >= 0.6 is 0 Å². The lowest BCUT2D eigenvalue weighted by atomic mass is 9.91. The number of imidazole rings is 2. The van der Waals surface area contributed by atoms with Gasteiger partial charge in [0.25, 0.3) is 0 Å². The van der Waals surface area contributed by atoms with Gasteiger partial charge in [0.1, 0.15) is 5.82 Å². The Morgan fingerprint density at radius 3 is 2.72 bits per heavy atom. The number of aromatic amines is 1. The van der Waals surface area contributed by atoms with E-state index >= 15 is 0 Å². The van der Waals surface area contributed by atoms with Crippen LogP contribution in [0, 0.1) is 5.92 Å². The van der Waals surface area contributed by atoms with Crippen molar-refractivity contribution in [3.8, 4) is 16.9 Å². The number of nitrogens with zero attached hydrogens (tertiary/aromatic N) is 3. The molecule has 2 aromatic heterocycles. The molecule has 130 valence electrons. The zero-order chi connectivity index (χ0) is 17.1. The molecule has 6 heteroatoms. The molecule has 3 heterocycles. The molecule has 4 N–H and O–H groups in total. The second kappa shape index (κ2) is 7.21. The van der Waals surface area contributed by atoms with E-state index in [1.54, 1.807) is 12.5 Å². The summed E-state index contributed by atoms with van der Waals surface area (Å²) >= 11 is 0. The van der Waals surface area contributed by atoms with Gasteiger partial charge in [0.05, 0.1) is 24.3 Å². The molecule has 0 spiro atoms. The van der Waals surface area contributed by atoms with Crippen molar-refractivity contribution in [1.29, 1.82) is 0 Å². The van der Waals surface area contributed by atoms with E-state index in [1.807, 2.05) is 17.0 Å². The van der Waals surface area contributed by atoms with Crippen molar-refractivity contribution < 1.29 is 0 Å². The zero-order valence-corrected chi connectivity index (χ0v) is 14.2. The molecule has 0 saturated carbocycles. The highest BCUT2D eigenvalue weighted by atomic mass is 15.0. The van der Waals surface area contributed by atoms with Gasteiger partial charge in [0, 0.05) is 18.1 Å². The predicted molar refractivity (Wildman–Crippen MR) is 98.3 cm³/mol. The first-order valence-electron chi connectivity index (χ1n) is 8.89. The van der Waals surface area contributed by atoms with Gasteiger partial charge >= 0.3 is 0 Å². The Morgan fingerprint density at radius 2 is 2.00 bits per heavy atom. The third-order valence-corrected chi connectivity index (χ3v) is 4.97. The van der Waals surface area contributed by atoms with E-state index in [9.17, 15) is 0 Å². The van der Waals surface area contributed by atoms with Crippen LogP contribution in [0.5, 0.6) is 0 Å². The Labute approximate surface area is 147 Å². The molecule has 0 aliphatic carbocycles. The average Bonchev–Trinajstić information content (AvgIpc) is 3.35. The first-order valence-corrected chi connectivity index (χ1v) is 8.89. The monoisotopic (exact) mass is 336 g/mol. The standard InChI is InChI=1S/C19H24N6/c20-17(11-14-5-7-21-8-6-14)19-23-12-18(24-19)15-1-3-16(4-2-15)25-10-9-22-13-25/h1-4,9-10,12-14,17,21H,5-8,11,20H2,(H,23,24)/t17-/m0/s1. The Balaban J connectivity index is 1.45. The van der Waals surface area contributed by atoms with Crippen LogP contribution < -0.4 is 11.1 Å². The van der Waals surface area contributed by atoms with E-state index in [0.717, 1.165) is 42.3 Å². The maximum atomic E-state index is 6.38. The van der Waals surface area contributed by atoms with Crippen LogP contribution in [-0.4, -0.2) is 32.6 Å². The second-order valence-corrected chi connectivity index (χ2v) is 6.73. The fourth-order valence-corrected chi connectivity index (χ4v) is 3.48. The number of aromatic nitrogens is 4. The lowest BCUT2D eigenvalue weighted by Gasteiger charge is -2.24. The Bertz CT molecular complexity index is 784. The highest BCUT2D eigenvalue weighted by Crippen LogP contribution is 2.25. The zero-order valence-electron chi connectivity index (χ0n) is 14.2. The van der Waals surface area contributed by atoms with Crippen LogP contribution in [0.2, 0.25) is 0 Å². The van der Waals surface area contributed by atoms with E-state index in [1.165, 1.54) is 12.8 Å².